The number of benzene rings is 1. The van der Waals surface area contributed by atoms with Gasteiger partial charge in [0.05, 0.1) is 0 Å². The molecular formula is C18H22ClN3O2. The molecule has 0 aliphatic carbocycles. The Kier molecular flexibility index (Phi) is 6.58. The average molecular weight is 348 g/mol. The van der Waals surface area contributed by atoms with E-state index in [1.165, 1.54) is 0 Å². The second kappa shape index (κ2) is 8.66. The molecule has 128 valence electrons. The minimum absolute atomic E-state index is 0.0609. The number of pyridine rings is 1. The van der Waals surface area contributed by atoms with Gasteiger partial charge in [-0.25, -0.2) is 4.98 Å². The minimum Gasteiger partial charge on any atom is -0.396 e. The zero-order valence-corrected chi connectivity index (χ0v) is 14.6. The van der Waals surface area contributed by atoms with Gasteiger partial charge in [-0.05, 0) is 24.1 Å². The number of hydrogen-bond acceptors (Lipinski definition) is 4. The van der Waals surface area contributed by atoms with Crippen LogP contribution in [0.25, 0.3) is 0 Å². The Balaban J connectivity index is 2.08. The van der Waals surface area contributed by atoms with Gasteiger partial charge < -0.3 is 15.3 Å². The summed E-state index contributed by atoms with van der Waals surface area (Å²) in [5.74, 6) is 0.481. The van der Waals surface area contributed by atoms with Crippen LogP contribution in [0.4, 0.5) is 5.82 Å². The Bertz CT molecular complexity index is 677. The Morgan fingerprint density at radius 2 is 2.00 bits per heavy atom. The average Bonchev–Trinajstić information content (AvgIpc) is 2.58. The fourth-order valence-electron chi connectivity index (χ4n) is 2.43. The lowest BCUT2D eigenvalue weighted by Crippen LogP contribution is -2.29. The van der Waals surface area contributed by atoms with Crippen molar-refractivity contribution in [3.8, 4) is 0 Å². The number of nitrogens with one attached hydrogen (secondary N) is 1. The Hall–Kier alpha value is -2.11. The minimum atomic E-state index is -0.207. The van der Waals surface area contributed by atoms with Crippen LogP contribution in [0.3, 0.4) is 0 Å². The highest BCUT2D eigenvalue weighted by Crippen LogP contribution is 2.19. The van der Waals surface area contributed by atoms with Crippen LogP contribution < -0.4 is 10.2 Å². The quantitative estimate of drug-likeness (QED) is 0.756. The van der Waals surface area contributed by atoms with Crippen LogP contribution in [0.2, 0.25) is 5.15 Å². The molecule has 1 atom stereocenters. The summed E-state index contributed by atoms with van der Waals surface area (Å²) in [5.41, 5.74) is 1.56. The molecule has 1 aromatic heterocycles. The van der Waals surface area contributed by atoms with Gasteiger partial charge in [0.15, 0.2) is 0 Å². The lowest BCUT2D eigenvalue weighted by molar-refractivity contribution is 0.0949. The predicted molar refractivity (Wildman–Crippen MR) is 96.8 cm³/mol. The number of amides is 1. The van der Waals surface area contributed by atoms with Crippen molar-refractivity contribution in [1.29, 1.82) is 0 Å². The van der Waals surface area contributed by atoms with Crippen molar-refractivity contribution in [2.24, 2.45) is 0 Å². The van der Waals surface area contributed by atoms with E-state index >= 15 is 0 Å². The van der Waals surface area contributed by atoms with Gasteiger partial charge in [0, 0.05) is 38.7 Å². The number of rotatable bonds is 7. The normalized spacial score (nSPS) is 11.8. The molecular weight excluding hydrogens is 326 g/mol. The van der Waals surface area contributed by atoms with Crippen LogP contribution in [-0.2, 0) is 0 Å². The van der Waals surface area contributed by atoms with Crippen LogP contribution in [0.1, 0.15) is 28.3 Å². The predicted octanol–water partition coefficient (Wildman–Crippen LogP) is 2.70. The van der Waals surface area contributed by atoms with Crippen molar-refractivity contribution in [2.45, 2.75) is 12.3 Å². The largest absolute Gasteiger partial charge is 0.396 e. The maximum Gasteiger partial charge on any atom is 0.251 e. The Morgan fingerprint density at radius 1 is 1.29 bits per heavy atom. The molecule has 1 unspecified atom stereocenters. The highest BCUT2D eigenvalue weighted by atomic mass is 35.5. The lowest BCUT2D eigenvalue weighted by Gasteiger charge is -2.18. The van der Waals surface area contributed by atoms with E-state index < -0.39 is 0 Å². The first-order chi connectivity index (χ1) is 11.5. The first-order valence-corrected chi connectivity index (χ1v) is 8.18. The monoisotopic (exact) mass is 347 g/mol. The highest BCUT2D eigenvalue weighted by Gasteiger charge is 2.15. The number of nitrogens with zero attached hydrogens (tertiary/aromatic N) is 2. The molecule has 0 fully saturated rings. The first-order valence-electron chi connectivity index (χ1n) is 7.80. The molecule has 2 N–H and O–H groups in total. The van der Waals surface area contributed by atoms with Crippen molar-refractivity contribution < 1.29 is 9.90 Å². The van der Waals surface area contributed by atoms with Crippen molar-refractivity contribution in [1.82, 2.24) is 10.3 Å². The van der Waals surface area contributed by atoms with Crippen molar-refractivity contribution in [3.05, 3.63) is 58.7 Å². The summed E-state index contributed by atoms with van der Waals surface area (Å²) in [6, 6.07) is 13.1. The third-order valence-electron chi connectivity index (χ3n) is 3.76. The van der Waals surface area contributed by atoms with Crippen molar-refractivity contribution >= 4 is 23.3 Å². The molecule has 2 rings (SSSR count). The second-order valence-electron chi connectivity index (χ2n) is 5.76. The van der Waals surface area contributed by atoms with Gasteiger partial charge in [-0.2, -0.15) is 0 Å². The van der Waals surface area contributed by atoms with Gasteiger partial charge >= 0.3 is 0 Å². The summed E-state index contributed by atoms with van der Waals surface area (Å²) < 4.78 is 0. The molecule has 5 nitrogen and oxygen atoms in total. The van der Waals surface area contributed by atoms with E-state index in [1.807, 2.05) is 44.4 Å². The molecule has 0 aliphatic heterocycles. The lowest BCUT2D eigenvalue weighted by atomic mass is 9.96. The van der Waals surface area contributed by atoms with Gasteiger partial charge in [-0.3, -0.25) is 4.79 Å². The Morgan fingerprint density at radius 3 is 2.62 bits per heavy atom. The number of aliphatic hydroxyl groups excluding tert-OH is 1. The topological polar surface area (TPSA) is 65.5 Å². The molecule has 0 saturated carbocycles. The molecule has 2 aromatic rings. The number of carbonyl (C=O) groups is 1. The molecule has 24 heavy (non-hydrogen) atoms. The fourth-order valence-corrected chi connectivity index (χ4v) is 2.63. The van der Waals surface area contributed by atoms with Gasteiger partial charge in [-0.15, -0.1) is 0 Å². The van der Waals surface area contributed by atoms with Crippen LogP contribution >= 0.6 is 11.6 Å². The van der Waals surface area contributed by atoms with Gasteiger partial charge in [0.25, 0.3) is 5.91 Å². The molecule has 0 radical (unpaired) electrons. The highest BCUT2D eigenvalue weighted by molar-refractivity contribution is 6.29. The summed E-state index contributed by atoms with van der Waals surface area (Å²) in [4.78, 5) is 18.4. The second-order valence-corrected chi connectivity index (χ2v) is 6.15. The smallest absolute Gasteiger partial charge is 0.251 e. The summed E-state index contributed by atoms with van der Waals surface area (Å²) in [6.45, 7) is 0.516. The molecule has 0 bridgehead atoms. The number of anilines is 1. The van der Waals surface area contributed by atoms with Crippen LogP contribution in [0.15, 0.2) is 42.5 Å². The maximum atomic E-state index is 12.4. The van der Waals surface area contributed by atoms with E-state index in [-0.39, 0.29) is 23.6 Å². The molecule has 1 amide bonds. The van der Waals surface area contributed by atoms with Crippen molar-refractivity contribution in [2.75, 3.05) is 32.1 Å². The number of aromatic nitrogens is 1. The third kappa shape index (κ3) is 4.94. The maximum absolute atomic E-state index is 12.4. The van der Waals surface area contributed by atoms with Gasteiger partial charge in [0.1, 0.15) is 11.0 Å². The van der Waals surface area contributed by atoms with Gasteiger partial charge in [-0.1, -0.05) is 41.9 Å². The number of halogens is 1. The van der Waals surface area contributed by atoms with E-state index in [9.17, 15) is 9.90 Å². The molecule has 0 spiro atoms. The van der Waals surface area contributed by atoms with Crippen LogP contribution in [0, 0.1) is 0 Å². The molecule has 0 saturated heterocycles. The van der Waals surface area contributed by atoms with Crippen LogP contribution in [-0.4, -0.2) is 43.2 Å². The van der Waals surface area contributed by atoms with Crippen LogP contribution in [0.5, 0.6) is 0 Å². The zero-order valence-electron chi connectivity index (χ0n) is 13.9. The summed E-state index contributed by atoms with van der Waals surface area (Å²) in [7, 11) is 3.68. The summed E-state index contributed by atoms with van der Waals surface area (Å²) in [6.07, 6.45) is 0.588. The van der Waals surface area contributed by atoms with E-state index in [1.54, 1.807) is 17.0 Å². The van der Waals surface area contributed by atoms with Crippen molar-refractivity contribution in [3.63, 3.8) is 0 Å². The molecule has 1 heterocycles. The summed E-state index contributed by atoms with van der Waals surface area (Å²) >= 11 is 6.00. The van der Waals surface area contributed by atoms with E-state index in [4.69, 9.17) is 11.6 Å². The first kappa shape index (κ1) is 18.2. The number of carbonyl (C=O) groups excluding carboxylic acids is 1. The SMILES string of the molecule is CN(C)c1cc(C(=O)NCC(CCO)c2ccccc2)cc(Cl)n1. The molecule has 6 heteroatoms. The third-order valence-corrected chi connectivity index (χ3v) is 3.95. The standard InChI is InChI=1S/C18H22ClN3O2/c1-22(2)17-11-15(10-16(19)21-17)18(24)20-12-14(8-9-23)13-6-4-3-5-7-13/h3-7,10-11,14,23H,8-9,12H2,1-2H3,(H,20,24). The zero-order chi connectivity index (χ0) is 17.5. The fraction of sp³-hybridized carbons (Fsp3) is 0.333. The van der Waals surface area contributed by atoms with E-state index in [2.05, 4.69) is 10.3 Å². The van der Waals surface area contributed by atoms with Gasteiger partial charge in [0.2, 0.25) is 0 Å². The van der Waals surface area contributed by atoms with E-state index in [0.29, 0.717) is 24.3 Å². The van der Waals surface area contributed by atoms with E-state index in [0.717, 1.165) is 5.56 Å². The molecule has 1 aromatic carbocycles. The number of hydrogen-bond donors (Lipinski definition) is 2. The molecule has 0 aliphatic rings. The summed E-state index contributed by atoms with van der Waals surface area (Å²) in [5, 5.41) is 12.5. The Labute approximate surface area is 147 Å². The number of aliphatic hydroxyl groups is 1.